The number of hydrogen-bond donors (Lipinski definition) is 0. The summed E-state index contributed by atoms with van der Waals surface area (Å²) < 4.78 is 20.1. The Balaban J connectivity index is 2.36. The highest BCUT2D eigenvalue weighted by Crippen LogP contribution is 1.93. The molecule has 0 amide bonds. The minimum Gasteiger partial charge on any atom is -0.304 e. The second-order valence-electron chi connectivity index (χ2n) is 0.987. The van der Waals surface area contributed by atoms with Crippen LogP contribution in [-0.4, -0.2) is 25.0 Å². The van der Waals surface area contributed by atoms with E-state index >= 15 is 0 Å². The molecule has 1 aliphatic rings. The molecule has 0 aromatic rings. The average molecular weight is 60.1 g/mol. The van der Waals surface area contributed by atoms with Gasteiger partial charge in [0, 0.05) is 17.2 Å². The van der Waals surface area contributed by atoms with Crippen molar-refractivity contribution >= 4 is 0 Å². The van der Waals surface area contributed by atoms with Crippen LogP contribution in [0.1, 0.15) is 4.11 Å². The molecule has 0 aliphatic carbocycles. The first-order chi connectivity index (χ1) is 3.11. The van der Waals surface area contributed by atoms with Crippen molar-refractivity contribution in [2.45, 2.75) is 0 Å². The molecule has 0 atom stereocenters. The van der Waals surface area contributed by atoms with Crippen molar-refractivity contribution in [2.24, 2.45) is 0 Å². The van der Waals surface area contributed by atoms with E-state index in [0.29, 0.717) is 0 Å². The van der Waals surface area contributed by atoms with Crippen molar-refractivity contribution in [1.82, 2.24) is 4.90 Å². The molecule has 1 aliphatic heterocycles. The Kier molecular flexibility index (Phi) is 0.0828. The molecule has 4 heavy (non-hydrogen) atoms. The standard InChI is InChI=1S/C3H7N/c1-4-2-3-4/h2-3H2,1H3/i1D3. The van der Waals surface area contributed by atoms with Crippen LogP contribution in [0, 0.1) is 0 Å². The molecule has 0 radical (unpaired) electrons. The Bertz CT molecular complexity index is 72.7. The van der Waals surface area contributed by atoms with Gasteiger partial charge in [-0.15, -0.1) is 0 Å². The first-order valence-corrected chi connectivity index (χ1v) is 1.36. The first kappa shape index (κ1) is 0.716. The van der Waals surface area contributed by atoms with Gasteiger partial charge in [0.15, 0.2) is 0 Å². The Morgan fingerprint density at radius 1 is 2.00 bits per heavy atom. The van der Waals surface area contributed by atoms with Gasteiger partial charge >= 0.3 is 0 Å². The van der Waals surface area contributed by atoms with Crippen molar-refractivity contribution in [3.63, 3.8) is 0 Å². The van der Waals surface area contributed by atoms with Crippen LogP contribution in [0.25, 0.3) is 0 Å². The molecule has 0 aromatic heterocycles. The highest BCUT2D eigenvalue weighted by Gasteiger charge is 2.07. The van der Waals surface area contributed by atoms with Crippen LogP contribution >= 0.6 is 0 Å². The van der Waals surface area contributed by atoms with Gasteiger partial charge < -0.3 is 4.90 Å². The lowest BCUT2D eigenvalue weighted by Crippen LogP contribution is -1.75. The minimum absolute atomic E-state index is 0.747. The van der Waals surface area contributed by atoms with E-state index < -0.39 is 6.98 Å². The number of rotatable bonds is 0. The second kappa shape index (κ2) is 0.462. The van der Waals surface area contributed by atoms with Gasteiger partial charge in [0.1, 0.15) is 0 Å². The zero-order chi connectivity index (χ0) is 5.49. The summed E-state index contributed by atoms with van der Waals surface area (Å²) >= 11 is 0. The van der Waals surface area contributed by atoms with Gasteiger partial charge in [-0.3, -0.25) is 0 Å². The van der Waals surface area contributed by atoms with Crippen LogP contribution in [0.4, 0.5) is 0 Å². The van der Waals surface area contributed by atoms with Crippen LogP contribution in [-0.2, 0) is 0 Å². The number of nitrogens with zero attached hydrogens (tertiary/aromatic N) is 1. The Labute approximate surface area is 30.4 Å². The van der Waals surface area contributed by atoms with E-state index in [1.165, 1.54) is 4.90 Å². The largest absolute Gasteiger partial charge is 0.304 e. The SMILES string of the molecule is [2H]C([2H])([2H])N1CC1. The second-order valence-corrected chi connectivity index (χ2v) is 0.987. The van der Waals surface area contributed by atoms with Gasteiger partial charge in [0.25, 0.3) is 0 Å². The van der Waals surface area contributed by atoms with E-state index in [9.17, 15) is 0 Å². The molecule has 0 aromatic carbocycles. The van der Waals surface area contributed by atoms with Crippen molar-refractivity contribution in [2.75, 3.05) is 20.1 Å². The maximum atomic E-state index is 6.71. The minimum atomic E-state index is -1.81. The van der Waals surface area contributed by atoms with E-state index in [0.717, 1.165) is 13.1 Å². The van der Waals surface area contributed by atoms with E-state index in [4.69, 9.17) is 4.11 Å². The van der Waals surface area contributed by atoms with Crippen molar-refractivity contribution < 1.29 is 4.11 Å². The quantitative estimate of drug-likeness (QED) is 0.354. The molecule has 1 fully saturated rings. The van der Waals surface area contributed by atoms with Crippen LogP contribution in [0.15, 0.2) is 0 Å². The highest BCUT2D eigenvalue weighted by molar-refractivity contribution is 4.64. The molecule has 0 saturated carbocycles. The summed E-state index contributed by atoms with van der Waals surface area (Å²) in [6, 6.07) is 0. The predicted molar refractivity (Wildman–Crippen MR) is 17.5 cm³/mol. The van der Waals surface area contributed by atoms with E-state index in [1.807, 2.05) is 0 Å². The van der Waals surface area contributed by atoms with Gasteiger partial charge in [-0.1, -0.05) is 0 Å². The van der Waals surface area contributed by atoms with Crippen LogP contribution in [0.2, 0.25) is 0 Å². The summed E-state index contributed by atoms with van der Waals surface area (Å²) in [5, 5.41) is 0. The number of likely N-dealkylation sites (N-methyl/N-ethyl adjacent to an activating group) is 1. The van der Waals surface area contributed by atoms with Crippen LogP contribution in [0.3, 0.4) is 0 Å². The lowest BCUT2D eigenvalue weighted by Gasteiger charge is -1.66. The molecule has 1 rings (SSSR count). The van der Waals surface area contributed by atoms with Gasteiger partial charge in [0.05, 0.1) is 0 Å². The predicted octanol–water partition coefficient (Wildman–Crippen LogP) is -0.0682. The summed E-state index contributed by atoms with van der Waals surface area (Å²) in [6.45, 7) is -0.312. The lowest BCUT2D eigenvalue weighted by molar-refractivity contribution is 0.698. The molecule has 1 heterocycles. The molecule has 0 unspecified atom stereocenters. The van der Waals surface area contributed by atoms with Crippen LogP contribution < -0.4 is 0 Å². The Morgan fingerprint density at radius 2 is 2.75 bits per heavy atom. The highest BCUT2D eigenvalue weighted by atomic mass is 15.2. The summed E-state index contributed by atoms with van der Waals surface area (Å²) in [6.07, 6.45) is 0. The van der Waals surface area contributed by atoms with Crippen molar-refractivity contribution in [3.05, 3.63) is 0 Å². The van der Waals surface area contributed by atoms with Gasteiger partial charge in [-0.25, -0.2) is 0 Å². The van der Waals surface area contributed by atoms with E-state index in [1.54, 1.807) is 0 Å². The summed E-state index contributed by atoms with van der Waals surface area (Å²) in [4.78, 5) is 1.44. The molecule has 24 valence electrons. The third kappa shape index (κ3) is 0.206. The fraction of sp³-hybridized carbons (Fsp3) is 1.00. The van der Waals surface area contributed by atoms with Gasteiger partial charge in [-0.05, 0) is 6.98 Å². The molecule has 1 saturated heterocycles. The molecule has 1 heteroatoms. The Morgan fingerprint density at radius 3 is 2.75 bits per heavy atom. The topological polar surface area (TPSA) is 3.01 Å². The van der Waals surface area contributed by atoms with Gasteiger partial charge in [-0.2, -0.15) is 0 Å². The molecule has 0 N–H and O–H groups in total. The zero-order valence-electron chi connectivity index (χ0n) is 5.36. The fourth-order valence-electron chi connectivity index (χ4n) is 0.0500. The van der Waals surface area contributed by atoms with Crippen molar-refractivity contribution in [3.8, 4) is 0 Å². The molecular formula is C3H7N. The third-order valence-corrected chi connectivity index (χ3v) is 0.447. The van der Waals surface area contributed by atoms with Crippen LogP contribution in [0.5, 0.6) is 0 Å². The Hall–Kier alpha value is -0.0400. The summed E-state index contributed by atoms with van der Waals surface area (Å²) in [5.41, 5.74) is 0. The fourth-order valence-corrected chi connectivity index (χ4v) is 0.0500. The van der Waals surface area contributed by atoms with Gasteiger partial charge in [0.2, 0.25) is 0 Å². The summed E-state index contributed by atoms with van der Waals surface area (Å²) in [7, 11) is 0. The normalized spacial score (nSPS) is 40.5. The van der Waals surface area contributed by atoms with E-state index in [-0.39, 0.29) is 0 Å². The lowest BCUT2D eigenvalue weighted by atomic mass is 11.0. The monoisotopic (exact) mass is 60.1 g/mol. The van der Waals surface area contributed by atoms with Crippen molar-refractivity contribution in [1.29, 1.82) is 0 Å². The maximum absolute atomic E-state index is 6.71. The summed E-state index contributed by atoms with van der Waals surface area (Å²) in [5.74, 6) is 0. The third-order valence-electron chi connectivity index (χ3n) is 0.447. The average Bonchev–Trinajstić information content (AvgIpc) is 1.99. The maximum Gasteiger partial charge on any atom is 0.0394 e. The number of hydrogen-bond acceptors (Lipinski definition) is 1. The first-order valence-electron chi connectivity index (χ1n) is 2.86. The molecular weight excluding hydrogens is 50.0 g/mol. The zero-order valence-corrected chi connectivity index (χ0v) is 2.36. The molecule has 0 bridgehead atoms. The molecule has 0 spiro atoms. The molecule has 1 nitrogen and oxygen atoms in total. The smallest absolute Gasteiger partial charge is 0.0394 e. The van der Waals surface area contributed by atoms with E-state index in [2.05, 4.69) is 0 Å².